The Morgan fingerprint density at radius 1 is 1.03 bits per heavy atom. The van der Waals surface area contributed by atoms with Crippen LogP contribution in [0.1, 0.15) is 24.3 Å². The van der Waals surface area contributed by atoms with Crippen molar-refractivity contribution in [3.05, 3.63) is 70.3 Å². The fraction of sp³-hybridized carbons (Fsp3) is 0.273. The molecule has 2 heterocycles. The van der Waals surface area contributed by atoms with E-state index in [-0.39, 0.29) is 18.1 Å². The van der Waals surface area contributed by atoms with Gasteiger partial charge in [-0.25, -0.2) is 4.68 Å². The summed E-state index contributed by atoms with van der Waals surface area (Å²) in [4.78, 5) is 15.3. The normalized spacial score (nSPS) is 19.4. The van der Waals surface area contributed by atoms with Crippen molar-refractivity contribution in [2.24, 2.45) is 0 Å². The molecule has 1 aliphatic rings. The number of hydrogen-bond acceptors (Lipinski definition) is 3. The molecule has 0 spiro atoms. The molecule has 1 aromatic heterocycles. The van der Waals surface area contributed by atoms with Gasteiger partial charge in [-0.1, -0.05) is 41.4 Å². The summed E-state index contributed by atoms with van der Waals surface area (Å²) >= 11 is 12.4. The summed E-state index contributed by atoms with van der Waals surface area (Å²) in [6.07, 6.45) is -0.0321. The van der Waals surface area contributed by atoms with Crippen molar-refractivity contribution in [2.45, 2.75) is 26.1 Å². The van der Waals surface area contributed by atoms with Gasteiger partial charge in [-0.05, 0) is 50.2 Å². The molecule has 1 fully saturated rings. The number of nitrogens with zero attached hydrogens (tertiary/aromatic N) is 3. The third-order valence-electron chi connectivity index (χ3n) is 4.86. The molecule has 0 saturated carbocycles. The largest absolute Gasteiger partial charge is 0.372 e. The zero-order valence-corrected chi connectivity index (χ0v) is 17.7. The first-order chi connectivity index (χ1) is 13.9. The van der Waals surface area contributed by atoms with Crippen molar-refractivity contribution >= 4 is 29.1 Å². The van der Waals surface area contributed by atoms with E-state index in [9.17, 15) is 4.79 Å². The van der Waals surface area contributed by atoms with Gasteiger partial charge in [0.1, 0.15) is 5.69 Å². The predicted molar refractivity (Wildman–Crippen MR) is 115 cm³/mol. The van der Waals surface area contributed by atoms with E-state index in [1.165, 1.54) is 0 Å². The van der Waals surface area contributed by atoms with Crippen LogP contribution in [0.2, 0.25) is 10.0 Å². The minimum atomic E-state index is -0.0900. The van der Waals surface area contributed by atoms with Gasteiger partial charge in [0.15, 0.2) is 0 Å². The summed E-state index contributed by atoms with van der Waals surface area (Å²) in [5.74, 6) is -0.0900. The maximum atomic E-state index is 13.4. The molecule has 2 unspecified atom stereocenters. The van der Waals surface area contributed by atoms with Gasteiger partial charge in [-0.2, -0.15) is 5.10 Å². The Balaban J connectivity index is 1.79. The Morgan fingerprint density at radius 2 is 1.69 bits per heavy atom. The third kappa shape index (κ3) is 4.17. The van der Waals surface area contributed by atoms with E-state index in [1.807, 2.05) is 55.1 Å². The Hall–Kier alpha value is -2.34. The van der Waals surface area contributed by atoms with Crippen molar-refractivity contribution in [1.82, 2.24) is 14.7 Å². The van der Waals surface area contributed by atoms with Crippen LogP contribution in [0.5, 0.6) is 0 Å². The lowest BCUT2D eigenvalue weighted by Gasteiger charge is -2.35. The van der Waals surface area contributed by atoms with Crippen LogP contribution in [0.15, 0.2) is 54.6 Å². The molecule has 0 bridgehead atoms. The lowest BCUT2D eigenvalue weighted by atomic mass is 10.1. The van der Waals surface area contributed by atoms with Crippen LogP contribution in [0, 0.1) is 0 Å². The number of morpholine rings is 1. The van der Waals surface area contributed by atoms with Gasteiger partial charge in [-0.15, -0.1) is 0 Å². The quantitative estimate of drug-likeness (QED) is 0.581. The Labute approximate surface area is 179 Å². The zero-order valence-electron chi connectivity index (χ0n) is 16.2. The molecule has 1 amide bonds. The number of carbonyl (C=O) groups is 1. The number of aromatic nitrogens is 2. The van der Waals surface area contributed by atoms with Crippen LogP contribution in [0.4, 0.5) is 0 Å². The minimum Gasteiger partial charge on any atom is -0.372 e. The molecule has 0 radical (unpaired) electrons. The first-order valence-corrected chi connectivity index (χ1v) is 10.2. The molecule has 1 aliphatic heterocycles. The van der Waals surface area contributed by atoms with Crippen molar-refractivity contribution in [2.75, 3.05) is 13.1 Å². The number of carbonyl (C=O) groups excluding carboxylic acids is 1. The van der Waals surface area contributed by atoms with E-state index < -0.39 is 0 Å². The van der Waals surface area contributed by atoms with E-state index in [0.29, 0.717) is 34.5 Å². The molecule has 0 N–H and O–H groups in total. The van der Waals surface area contributed by atoms with Gasteiger partial charge in [0.2, 0.25) is 0 Å². The Bertz CT molecular complexity index is 1020. The number of benzene rings is 2. The van der Waals surface area contributed by atoms with Gasteiger partial charge >= 0.3 is 0 Å². The SMILES string of the molecule is CC1CN(C(=O)c2cc(-c3ccccc3Cl)nn2-c2ccc(Cl)cc2)CC(C)O1. The van der Waals surface area contributed by atoms with Gasteiger partial charge in [0.25, 0.3) is 5.91 Å². The van der Waals surface area contributed by atoms with E-state index in [4.69, 9.17) is 33.0 Å². The fourth-order valence-electron chi connectivity index (χ4n) is 3.62. The molecule has 2 atom stereocenters. The number of amides is 1. The summed E-state index contributed by atoms with van der Waals surface area (Å²) in [5, 5.41) is 5.91. The number of ether oxygens (including phenoxy) is 1. The molecule has 150 valence electrons. The number of hydrogen-bond donors (Lipinski definition) is 0. The van der Waals surface area contributed by atoms with Crippen LogP contribution >= 0.6 is 23.2 Å². The average molecular weight is 430 g/mol. The van der Waals surface area contributed by atoms with Crippen molar-refractivity contribution in [3.8, 4) is 16.9 Å². The topological polar surface area (TPSA) is 47.4 Å². The second-order valence-electron chi connectivity index (χ2n) is 7.25. The number of halogens is 2. The Kier molecular flexibility index (Phi) is 5.63. The molecular formula is C22H21Cl2N3O2. The molecule has 7 heteroatoms. The highest BCUT2D eigenvalue weighted by molar-refractivity contribution is 6.33. The molecular weight excluding hydrogens is 409 g/mol. The maximum Gasteiger partial charge on any atom is 0.272 e. The summed E-state index contributed by atoms with van der Waals surface area (Å²) < 4.78 is 7.43. The van der Waals surface area contributed by atoms with E-state index in [1.54, 1.807) is 22.9 Å². The summed E-state index contributed by atoms with van der Waals surface area (Å²) in [6, 6.07) is 16.5. The van der Waals surface area contributed by atoms with Crippen molar-refractivity contribution < 1.29 is 9.53 Å². The zero-order chi connectivity index (χ0) is 20.5. The molecule has 5 nitrogen and oxygen atoms in total. The monoisotopic (exact) mass is 429 g/mol. The van der Waals surface area contributed by atoms with Gasteiger partial charge in [0, 0.05) is 23.7 Å². The van der Waals surface area contributed by atoms with Gasteiger partial charge < -0.3 is 9.64 Å². The molecule has 0 aliphatic carbocycles. The molecule has 3 aromatic rings. The molecule has 29 heavy (non-hydrogen) atoms. The highest BCUT2D eigenvalue weighted by atomic mass is 35.5. The minimum absolute atomic E-state index is 0.0161. The molecule has 1 saturated heterocycles. The van der Waals surface area contributed by atoms with Crippen LogP contribution in [0.25, 0.3) is 16.9 Å². The predicted octanol–water partition coefficient (Wildman–Crippen LogP) is 5.10. The van der Waals surface area contributed by atoms with Crippen LogP contribution in [0.3, 0.4) is 0 Å². The molecule has 4 rings (SSSR count). The van der Waals surface area contributed by atoms with E-state index in [2.05, 4.69) is 0 Å². The summed E-state index contributed by atoms with van der Waals surface area (Å²) in [5.41, 5.74) is 2.65. The van der Waals surface area contributed by atoms with E-state index >= 15 is 0 Å². The smallest absolute Gasteiger partial charge is 0.272 e. The lowest BCUT2D eigenvalue weighted by molar-refractivity contribution is -0.0588. The molecule has 2 aromatic carbocycles. The van der Waals surface area contributed by atoms with Crippen molar-refractivity contribution in [1.29, 1.82) is 0 Å². The van der Waals surface area contributed by atoms with Gasteiger partial charge in [-0.3, -0.25) is 4.79 Å². The lowest BCUT2D eigenvalue weighted by Crippen LogP contribution is -2.48. The van der Waals surface area contributed by atoms with Crippen LogP contribution in [-0.2, 0) is 4.74 Å². The average Bonchev–Trinajstić information content (AvgIpc) is 3.12. The number of rotatable bonds is 3. The van der Waals surface area contributed by atoms with Crippen LogP contribution in [-0.4, -0.2) is 45.9 Å². The second kappa shape index (κ2) is 8.19. The fourth-order valence-corrected chi connectivity index (χ4v) is 3.98. The van der Waals surface area contributed by atoms with Crippen LogP contribution < -0.4 is 0 Å². The van der Waals surface area contributed by atoms with E-state index in [0.717, 1.165) is 11.3 Å². The first kappa shape index (κ1) is 20.0. The summed E-state index contributed by atoms with van der Waals surface area (Å²) in [6.45, 7) is 5.02. The Morgan fingerprint density at radius 3 is 2.34 bits per heavy atom. The first-order valence-electron chi connectivity index (χ1n) is 9.48. The maximum absolute atomic E-state index is 13.4. The summed E-state index contributed by atoms with van der Waals surface area (Å²) in [7, 11) is 0. The standard InChI is InChI=1S/C22H21Cl2N3O2/c1-14-12-26(13-15(2)29-14)22(28)21-11-20(18-5-3-4-6-19(18)24)25-27(21)17-9-7-16(23)8-10-17/h3-11,14-15H,12-13H2,1-2H3. The highest BCUT2D eigenvalue weighted by Gasteiger charge is 2.29. The second-order valence-corrected chi connectivity index (χ2v) is 8.09. The highest BCUT2D eigenvalue weighted by Crippen LogP contribution is 2.29. The van der Waals surface area contributed by atoms with Gasteiger partial charge in [0.05, 0.1) is 28.6 Å². The van der Waals surface area contributed by atoms with Crippen molar-refractivity contribution in [3.63, 3.8) is 0 Å². The third-order valence-corrected chi connectivity index (χ3v) is 5.44.